The molecule has 1 aromatic heterocycles. The van der Waals surface area contributed by atoms with Crippen molar-refractivity contribution in [2.24, 2.45) is 0 Å². The SMILES string of the molecule is C[C@H]([NH2+]CC(=O)Nc1ccc(Cl)c(Cl)c1)c1ccco1. The standard InChI is InChI=1S/C14H14Cl2N2O2/c1-9(13-3-2-6-20-13)17-8-14(19)18-10-4-5-11(15)12(16)7-10/h2-7,9,17H,8H2,1H3,(H,18,19)/p+1/t9-/m0/s1. The maximum Gasteiger partial charge on any atom is 0.279 e. The number of carbonyl (C=O) groups is 1. The molecule has 106 valence electrons. The van der Waals surface area contributed by atoms with Crippen LogP contribution in [0, 0.1) is 0 Å². The molecular weight excluding hydrogens is 299 g/mol. The predicted molar refractivity (Wildman–Crippen MR) is 79.0 cm³/mol. The van der Waals surface area contributed by atoms with Gasteiger partial charge in [-0.05, 0) is 37.3 Å². The number of benzene rings is 1. The highest BCUT2D eigenvalue weighted by Gasteiger charge is 2.13. The molecule has 3 N–H and O–H groups in total. The second kappa shape index (κ2) is 6.79. The van der Waals surface area contributed by atoms with E-state index in [9.17, 15) is 4.79 Å². The molecule has 0 fully saturated rings. The predicted octanol–water partition coefficient (Wildman–Crippen LogP) is 2.85. The number of rotatable bonds is 5. The summed E-state index contributed by atoms with van der Waals surface area (Å²) in [4.78, 5) is 11.8. The smallest absolute Gasteiger partial charge is 0.279 e. The van der Waals surface area contributed by atoms with Gasteiger partial charge in [-0.15, -0.1) is 0 Å². The summed E-state index contributed by atoms with van der Waals surface area (Å²) in [5.41, 5.74) is 0.628. The molecule has 1 aromatic carbocycles. The summed E-state index contributed by atoms with van der Waals surface area (Å²) in [6.07, 6.45) is 1.62. The highest BCUT2D eigenvalue weighted by atomic mass is 35.5. The second-order valence-electron chi connectivity index (χ2n) is 4.42. The van der Waals surface area contributed by atoms with Gasteiger partial charge in [0.1, 0.15) is 6.04 Å². The van der Waals surface area contributed by atoms with Crippen LogP contribution in [0.1, 0.15) is 18.7 Å². The summed E-state index contributed by atoms with van der Waals surface area (Å²) in [5.74, 6) is 0.731. The van der Waals surface area contributed by atoms with Gasteiger partial charge in [0, 0.05) is 5.69 Å². The molecule has 1 amide bonds. The van der Waals surface area contributed by atoms with Crippen LogP contribution in [-0.2, 0) is 4.79 Å². The van der Waals surface area contributed by atoms with Crippen molar-refractivity contribution in [2.45, 2.75) is 13.0 Å². The van der Waals surface area contributed by atoms with Crippen LogP contribution in [-0.4, -0.2) is 12.5 Å². The number of anilines is 1. The minimum atomic E-state index is -0.109. The Kier molecular flexibility index (Phi) is 5.06. The molecule has 0 spiro atoms. The molecule has 0 bridgehead atoms. The van der Waals surface area contributed by atoms with Gasteiger partial charge in [0.25, 0.3) is 5.91 Å². The van der Waals surface area contributed by atoms with E-state index >= 15 is 0 Å². The molecule has 1 heterocycles. The van der Waals surface area contributed by atoms with Crippen molar-refractivity contribution in [3.63, 3.8) is 0 Å². The van der Waals surface area contributed by atoms with E-state index < -0.39 is 0 Å². The molecule has 0 radical (unpaired) electrons. The number of amides is 1. The monoisotopic (exact) mass is 313 g/mol. The average molecular weight is 314 g/mol. The number of carbonyl (C=O) groups excluding carboxylic acids is 1. The average Bonchev–Trinajstić information content (AvgIpc) is 2.94. The Bertz CT molecular complexity index is 585. The van der Waals surface area contributed by atoms with Crippen LogP contribution < -0.4 is 10.6 Å². The largest absolute Gasteiger partial charge is 0.463 e. The van der Waals surface area contributed by atoms with Gasteiger partial charge in [0.15, 0.2) is 12.3 Å². The van der Waals surface area contributed by atoms with Crippen LogP contribution in [0.2, 0.25) is 10.0 Å². The van der Waals surface area contributed by atoms with E-state index in [0.717, 1.165) is 5.76 Å². The summed E-state index contributed by atoms with van der Waals surface area (Å²) in [6, 6.07) is 8.78. The Balaban J connectivity index is 1.85. The van der Waals surface area contributed by atoms with E-state index in [1.807, 2.05) is 24.4 Å². The highest BCUT2D eigenvalue weighted by molar-refractivity contribution is 6.42. The van der Waals surface area contributed by atoms with Gasteiger partial charge in [-0.3, -0.25) is 4.79 Å². The first kappa shape index (κ1) is 14.9. The Morgan fingerprint density at radius 1 is 1.35 bits per heavy atom. The summed E-state index contributed by atoms with van der Waals surface area (Å²) in [6.45, 7) is 2.27. The first-order valence-corrected chi connectivity index (χ1v) is 6.93. The van der Waals surface area contributed by atoms with Crippen LogP contribution in [0.4, 0.5) is 5.69 Å². The van der Waals surface area contributed by atoms with Crippen molar-refractivity contribution >= 4 is 34.8 Å². The molecule has 20 heavy (non-hydrogen) atoms. The highest BCUT2D eigenvalue weighted by Crippen LogP contribution is 2.24. The summed E-state index contributed by atoms with van der Waals surface area (Å²) in [7, 11) is 0. The number of nitrogens with two attached hydrogens (primary N) is 1. The minimum absolute atomic E-state index is 0.0876. The number of halogens is 2. The summed E-state index contributed by atoms with van der Waals surface area (Å²) < 4.78 is 5.28. The quantitative estimate of drug-likeness (QED) is 0.891. The zero-order chi connectivity index (χ0) is 14.5. The molecule has 4 nitrogen and oxygen atoms in total. The van der Waals surface area contributed by atoms with Crippen molar-refractivity contribution in [1.29, 1.82) is 0 Å². The molecule has 0 saturated heterocycles. The van der Waals surface area contributed by atoms with Crippen molar-refractivity contribution < 1.29 is 14.5 Å². The van der Waals surface area contributed by atoms with E-state index in [1.165, 1.54) is 0 Å². The molecule has 0 unspecified atom stereocenters. The zero-order valence-corrected chi connectivity index (χ0v) is 12.4. The van der Waals surface area contributed by atoms with Gasteiger partial charge in [-0.1, -0.05) is 23.2 Å². The van der Waals surface area contributed by atoms with E-state index in [-0.39, 0.29) is 11.9 Å². The van der Waals surface area contributed by atoms with Gasteiger partial charge in [-0.2, -0.15) is 0 Å². The fourth-order valence-corrected chi connectivity index (χ4v) is 2.03. The van der Waals surface area contributed by atoms with Gasteiger partial charge >= 0.3 is 0 Å². The third-order valence-corrected chi connectivity index (χ3v) is 3.59. The Labute approximate surface area is 127 Å². The first-order valence-electron chi connectivity index (χ1n) is 6.18. The lowest BCUT2D eigenvalue weighted by Crippen LogP contribution is -2.86. The summed E-state index contributed by atoms with van der Waals surface area (Å²) in [5, 5.41) is 5.54. The van der Waals surface area contributed by atoms with E-state index in [0.29, 0.717) is 22.3 Å². The topological polar surface area (TPSA) is 58.9 Å². The number of hydrogen-bond donors (Lipinski definition) is 2. The third kappa shape index (κ3) is 4.00. The van der Waals surface area contributed by atoms with Gasteiger partial charge in [-0.25, -0.2) is 0 Å². The number of hydrogen-bond acceptors (Lipinski definition) is 2. The second-order valence-corrected chi connectivity index (χ2v) is 5.24. The van der Waals surface area contributed by atoms with Crippen LogP contribution in [0.5, 0.6) is 0 Å². The molecule has 2 aromatic rings. The van der Waals surface area contributed by atoms with Crippen molar-refractivity contribution in [3.05, 3.63) is 52.4 Å². The van der Waals surface area contributed by atoms with Gasteiger partial charge < -0.3 is 15.1 Å². The first-order chi connectivity index (χ1) is 9.56. The number of nitrogens with one attached hydrogen (secondary N) is 1. The van der Waals surface area contributed by atoms with E-state index in [1.54, 1.807) is 24.5 Å². The van der Waals surface area contributed by atoms with E-state index in [2.05, 4.69) is 5.32 Å². The molecule has 0 aliphatic heterocycles. The lowest BCUT2D eigenvalue weighted by Gasteiger charge is -2.09. The lowest BCUT2D eigenvalue weighted by atomic mass is 10.2. The van der Waals surface area contributed by atoms with Crippen LogP contribution >= 0.6 is 23.2 Å². The van der Waals surface area contributed by atoms with Crippen LogP contribution in [0.3, 0.4) is 0 Å². The lowest BCUT2D eigenvalue weighted by molar-refractivity contribution is -0.684. The van der Waals surface area contributed by atoms with Crippen molar-refractivity contribution in [1.82, 2.24) is 0 Å². The van der Waals surface area contributed by atoms with E-state index in [4.69, 9.17) is 27.6 Å². The van der Waals surface area contributed by atoms with Crippen molar-refractivity contribution in [3.8, 4) is 0 Å². The molecule has 0 aliphatic carbocycles. The maximum atomic E-state index is 11.8. The molecular formula is C14H15Cl2N2O2+. The minimum Gasteiger partial charge on any atom is -0.463 e. The van der Waals surface area contributed by atoms with Crippen LogP contribution in [0.15, 0.2) is 41.0 Å². The van der Waals surface area contributed by atoms with Crippen molar-refractivity contribution in [2.75, 3.05) is 11.9 Å². The Morgan fingerprint density at radius 2 is 2.15 bits per heavy atom. The van der Waals surface area contributed by atoms with Gasteiger partial charge in [0.2, 0.25) is 0 Å². The Morgan fingerprint density at radius 3 is 2.80 bits per heavy atom. The summed E-state index contributed by atoms with van der Waals surface area (Å²) >= 11 is 11.7. The molecule has 1 atom stereocenters. The Hall–Kier alpha value is -1.49. The number of furan rings is 1. The number of quaternary nitrogens is 1. The molecule has 0 aliphatic rings. The normalized spacial score (nSPS) is 12.2. The van der Waals surface area contributed by atoms with Crippen LogP contribution in [0.25, 0.3) is 0 Å². The molecule has 6 heteroatoms. The fraction of sp³-hybridized carbons (Fsp3) is 0.214. The third-order valence-electron chi connectivity index (χ3n) is 2.85. The fourth-order valence-electron chi connectivity index (χ4n) is 1.74. The molecule has 0 saturated carbocycles. The maximum absolute atomic E-state index is 11.8. The molecule has 2 rings (SSSR count). The zero-order valence-electron chi connectivity index (χ0n) is 10.9. The van der Waals surface area contributed by atoms with Gasteiger partial charge in [0.05, 0.1) is 16.3 Å².